The van der Waals surface area contributed by atoms with Crippen LogP contribution in [0.15, 0.2) is 23.4 Å². The maximum atomic E-state index is 11.7. The molecule has 0 spiro atoms. The molecule has 1 rings (SSSR count). The van der Waals surface area contributed by atoms with E-state index in [1.54, 1.807) is 25.0 Å². The molecule has 20 heavy (non-hydrogen) atoms. The number of ether oxygens (including phenoxy) is 1. The zero-order valence-electron chi connectivity index (χ0n) is 12.1. The quantitative estimate of drug-likeness (QED) is 0.453. The number of esters is 1. The molecule has 6 heteroatoms. The van der Waals surface area contributed by atoms with Crippen LogP contribution in [0.1, 0.15) is 26.2 Å². The van der Waals surface area contributed by atoms with Gasteiger partial charge in [-0.25, -0.2) is 4.98 Å². The van der Waals surface area contributed by atoms with Gasteiger partial charge in [0.2, 0.25) is 0 Å². The molecule has 0 aliphatic heterocycles. The first-order valence-corrected chi connectivity index (χ1v) is 7.90. The molecule has 0 bridgehead atoms. The van der Waals surface area contributed by atoms with Crippen molar-refractivity contribution in [2.24, 2.45) is 0 Å². The number of nitrogens with one attached hydrogen (secondary N) is 1. The second-order valence-electron chi connectivity index (χ2n) is 4.69. The van der Waals surface area contributed by atoms with Gasteiger partial charge in [0.25, 0.3) is 0 Å². The van der Waals surface area contributed by atoms with Crippen molar-refractivity contribution in [2.75, 3.05) is 19.9 Å². The van der Waals surface area contributed by atoms with Gasteiger partial charge < -0.3 is 10.1 Å². The first kappa shape index (κ1) is 17.3. The third kappa shape index (κ3) is 5.31. The minimum absolute atomic E-state index is 0.216. The van der Waals surface area contributed by atoms with Crippen LogP contribution in [0.4, 0.5) is 0 Å². The number of unbranched alkanes of at least 4 members (excludes halogenated alkanes) is 1. The molecule has 1 atom stereocenters. The Labute approximate surface area is 129 Å². The van der Waals surface area contributed by atoms with Gasteiger partial charge in [-0.05, 0) is 44.7 Å². The maximum Gasteiger partial charge on any atom is 0.325 e. The average Bonchev–Trinajstić information content (AvgIpc) is 2.47. The monoisotopic (exact) mass is 316 g/mol. The van der Waals surface area contributed by atoms with E-state index in [0.29, 0.717) is 5.02 Å². The molecule has 1 N–H and O–H groups in total. The molecule has 1 heterocycles. The summed E-state index contributed by atoms with van der Waals surface area (Å²) in [6.07, 6.45) is 4.38. The highest BCUT2D eigenvalue weighted by atomic mass is 35.5. The summed E-state index contributed by atoms with van der Waals surface area (Å²) < 4.78 is 4.81. The molecule has 0 aliphatic carbocycles. The van der Waals surface area contributed by atoms with Crippen LogP contribution in [0.3, 0.4) is 0 Å². The van der Waals surface area contributed by atoms with Gasteiger partial charge in [0, 0.05) is 6.20 Å². The molecule has 0 amide bonds. The van der Waals surface area contributed by atoms with Crippen molar-refractivity contribution in [1.82, 2.24) is 10.3 Å². The Kier molecular flexibility index (Phi) is 7.34. The molecule has 0 fully saturated rings. The SMILES string of the molecule is CNC(C)(CCCCSc1ccc(Cl)cn1)C(=O)OC. The number of nitrogens with zero attached hydrogens (tertiary/aromatic N) is 1. The van der Waals surface area contributed by atoms with Gasteiger partial charge in [0.1, 0.15) is 5.54 Å². The van der Waals surface area contributed by atoms with Crippen LogP contribution in [0.25, 0.3) is 0 Å². The predicted octanol–water partition coefficient (Wildman–Crippen LogP) is 3.15. The van der Waals surface area contributed by atoms with Crippen LogP contribution >= 0.6 is 23.4 Å². The number of aromatic nitrogens is 1. The molecular formula is C14H21ClN2O2S. The Balaban J connectivity index is 2.27. The first-order valence-electron chi connectivity index (χ1n) is 6.53. The maximum absolute atomic E-state index is 11.7. The zero-order valence-corrected chi connectivity index (χ0v) is 13.7. The highest BCUT2D eigenvalue weighted by Crippen LogP contribution is 2.21. The first-order chi connectivity index (χ1) is 9.51. The van der Waals surface area contributed by atoms with Crippen molar-refractivity contribution in [3.05, 3.63) is 23.4 Å². The second-order valence-corrected chi connectivity index (χ2v) is 6.25. The summed E-state index contributed by atoms with van der Waals surface area (Å²) in [7, 11) is 3.20. The second kappa shape index (κ2) is 8.49. The van der Waals surface area contributed by atoms with Crippen molar-refractivity contribution < 1.29 is 9.53 Å². The zero-order chi connectivity index (χ0) is 15.0. The molecular weight excluding hydrogens is 296 g/mol. The van der Waals surface area contributed by atoms with Gasteiger partial charge in [-0.15, -0.1) is 11.8 Å². The summed E-state index contributed by atoms with van der Waals surface area (Å²) in [4.78, 5) is 15.9. The minimum atomic E-state index is -0.599. The fraction of sp³-hybridized carbons (Fsp3) is 0.571. The highest BCUT2D eigenvalue weighted by molar-refractivity contribution is 7.99. The summed E-state index contributed by atoms with van der Waals surface area (Å²) in [5.41, 5.74) is -0.599. The van der Waals surface area contributed by atoms with E-state index in [4.69, 9.17) is 16.3 Å². The lowest BCUT2D eigenvalue weighted by Gasteiger charge is -2.25. The predicted molar refractivity (Wildman–Crippen MR) is 83.3 cm³/mol. The fourth-order valence-electron chi connectivity index (χ4n) is 1.76. The van der Waals surface area contributed by atoms with Crippen LogP contribution in [-0.2, 0) is 9.53 Å². The smallest absolute Gasteiger partial charge is 0.325 e. The number of carbonyl (C=O) groups is 1. The van der Waals surface area contributed by atoms with Gasteiger partial charge in [0.05, 0.1) is 17.2 Å². The van der Waals surface area contributed by atoms with Crippen LogP contribution in [0, 0.1) is 0 Å². The normalized spacial score (nSPS) is 13.8. The van der Waals surface area contributed by atoms with Crippen LogP contribution in [-0.4, -0.2) is 36.4 Å². The molecule has 0 aliphatic rings. The molecule has 1 unspecified atom stereocenters. The standard InChI is InChI=1S/C14H21ClN2O2S/c1-14(16-2,13(18)19-3)8-4-5-9-20-12-7-6-11(15)10-17-12/h6-7,10,16H,4-5,8-9H2,1-3H3. The Hall–Kier alpha value is -0.780. The Morgan fingerprint density at radius 3 is 2.80 bits per heavy atom. The number of rotatable bonds is 8. The fourth-order valence-corrected chi connectivity index (χ4v) is 2.72. The highest BCUT2D eigenvalue weighted by Gasteiger charge is 2.31. The topological polar surface area (TPSA) is 51.2 Å². The van der Waals surface area contributed by atoms with E-state index in [-0.39, 0.29) is 5.97 Å². The summed E-state index contributed by atoms with van der Waals surface area (Å²) >= 11 is 7.48. The number of hydrogen-bond donors (Lipinski definition) is 1. The van der Waals surface area contributed by atoms with Gasteiger partial charge in [0.15, 0.2) is 0 Å². The van der Waals surface area contributed by atoms with E-state index >= 15 is 0 Å². The van der Waals surface area contributed by atoms with E-state index in [1.165, 1.54) is 7.11 Å². The Morgan fingerprint density at radius 2 is 2.25 bits per heavy atom. The lowest BCUT2D eigenvalue weighted by atomic mass is 9.95. The molecule has 112 valence electrons. The van der Waals surface area contributed by atoms with Crippen LogP contribution in [0.2, 0.25) is 5.02 Å². The Morgan fingerprint density at radius 1 is 1.50 bits per heavy atom. The van der Waals surface area contributed by atoms with E-state index in [0.717, 1.165) is 30.0 Å². The summed E-state index contributed by atoms with van der Waals surface area (Å²) in [5, 5.41) is 4.66. The van der Waals surface area contributed by atoms with E-state index in [9.17, 15) is 4.79 Å². The molecule has 0 saturated heterocycles. The molecule has 0 radical (unpaired) electrons. The Bertz CT molecular complexity index is 428. The number of pyridine rings is 1. The van der Waals surface area contributed by atoms with Gasteiger partial charge >= 0.3 is 5.97 Å². The van der Waals surface area contributed by atoms with Crippen molar-refractivity contribution in [3.8, 4) is 0 Å². The largest absolute Gasteiger partial charge is 0.468 e. The van der Waals surface area contributed by atoms with Gasteiger partial charge in [-0.1, -0.05) is 18.0 Å². The summed E-state index contributed by atoms with van der Waals surface area (Å²) in [6.45, 7) is 1.87. The molecule has 0 saturated carbocycles. The van der Waals surface area contributed by atoms with E-state index in [2.05, 4.69) is 10.3 Å². The van der Waals surface area contributed by atoms with Crippen molar-refractivity contribution in [3.63, 3.8) is 0 Å². The van der Waals surface area contributed by atoms with Gasteiger partial charge in [-0.2, -0.15) is 0 Å². The third-order valence-corrected chi connectivity index (χ3v) is 4.46. The number of hydrogen-bond acceptors (Lipinski definition) is 5. The lowest BCUT2D eigenvalue weighted by Crippen LogP contribution is -2.48. The van der Waals surface area contributed by atoms with Crippen LogP contribution in [0.5, 0.6) is 0 Å². The number of likely N-dealkylation sites (N-methyl/N-ethyl adjacent to an activating group) is 1. The van der Waals surface area contributed by atoms with Crippen molar-refractivity contribution >= 4 is 29.3 Å². The number of halogens is 1. The number of thioether (sulfide) groups is 1. The number of methoxy groups -OCH3 is 1. The van der Waals surface area contributed by atoms with Crippen molar-refractivity contribution in [1.29, 1.82) is 0 Å². The molecule has 1 aromatic heterocycles. The molecule has 1 aromatic rings. The van der Waals surface area contributed by atoms with E-state index in [1.807, 2.05) is 19.1 Å². The third-order valence-electron chi connectivity index (χ3n) is 3.21. The van der Waals surface area contributed by atoms with Gasteiger partial charge in [-0.3, -0.25) is 4.79 Å². The molecule has 4 nitrogen and oxygen atoms in total. The van der Waals surface area contributed by atoms with E-state index < -0.39 is 5.54 Å². The average molecular weight is 317 g/mol. The van der Waals surface area contributed by atoms with Crippen LogP contribution < -0.4 is 5.32 Å². The minimum Gasteiger partial charge on any atom is -0.468 e. The number of carbonyl (C=O) groups excluding carboxylic acids is 1. The van der Waals surface area contributed by atoms with Crippen molar-refractivity contribution in [2.45, 2.75) is 36.8 Å². The summed E-state index contributed by atoms with van der Waals surface area (Å²) in [6, 6.07) is 3.76. The summed E-state index contributed by atoms with van der Waals surface area (Å²) in [5.74, 6) is 0.752. The molecule has 0 aromatic carbocycles. The lowest BCUT2D eigenvalue weighted by molar-refractivity contribution is -0.148.